The summed E-state index contributed by atoms with van der Waals surface area (Å²) in [5.41, 5.74) is -21.8. The van der Waals surface area contributed by atoms with Gasteiger partial charge < -0.3 is 18.5 Å². The molecule has 88 heavy (non-hydrogen) atoms. The lowest BCUT2D eigenvalue weighted by Gasteiger charge is -2.22. The van der Waals surface area contributed by atoms with Crippen LogP contribution in [0.25, 0.3) is 40.9 Å². The zero-order valence-electron chi connectivity index (χ0n) is 48.2. The molecule has 4 aromatic carbocycles. The zero-order valence-corrected chi connectivity index (χ0v) is 51.5. The highest BCUT2D eigenvalue weighted by atomic mass is 32.3. The molecule has 2 N–H and O–H groups in total. The van der Waals surface area contributed by atoms with Crippen molar-refractivity contribution < 1.29 is 106 Å². The topological polar surface area (TPSA) is 223 Å². The van der Waals surface area contributed by atoms with Crippen LogP contribution in [0.1, 0.15) is 153 Å². The van der Waals surface area contributed by atoms with Gasteiger partial charge in [0.2, 0.25) is 12.7 Å². The van der Waals surface area contributed by atoms with E-state index < -0.39 is 62.1 Å². The summed E-state index contributed by atoms with van der Waals surface area (Å²) in [5, 5.41) is 28.4. The van der Waals surface area contributed by atoms with E-state index in [0.29, 0.717) is 24.2 Å². The first-order valence-corrected chi connectivity index (χ1v) is 34.0. The van der Waals surface area contributed by atoms with Gasteiger partial charge in [0, 0.05) is 22.3 Å². The molecule has 2 aromatic heterocycles. The number of sulfonamides is 4. The van der Waals surface area contributed by atoms with Gasteiger partial charge in [-0.15, -0.1) is 0 Å². The Kier molecular flexibility index (Phi) is 27.9. The molecule has 32 heteroatoms. The first-order chi connectivity index (χ1) is 41.0. The van der Waals surface area contributed by atoms with Gasteiger partial charge in [-0.2, -0.15) is 52.7 Å². The van der Waals surface area contributed by atoms with Crippen LogP contribution in [0.4, 0.5) is 52.7 Å². The molecular formula is C56H72F12N6O10S4. The first-order valence-electron chi connectivity index (χ1n) is 28.3. The molecule has 6 aromatic rings. The summed E-state index contributed by atoms with van der Waals surface area (Å²) in [7, 11) is -26.9. The SMILES string of the molecule is CCCCCCCCCCCCn1cc[n+](Cc2cc3ccccc3c(-c3c(O)c(C[n+]4ccn(CCCCCCCCCCCC)c4)cc4ccccc34)c2O)c1.O=S(=O)([N-]S(=O)(=O)C(F)(F)F)C(F)(F)F.O=S(=O)([N-]S(=O)(=O)C(F)(F)F)C(F)(F)F. The fraction of sp³-hybridized carbons (Fsp3) is 0.536. The number of imidazole rings is 2. The molecule has 0 saturated heterocycles. The van der Waals surface area contributed by atoms with Gasteiger partial charge in [-0.05, 0) is 59.4 Å². The second-order valence-electron chi connectivity index (χ2n) is 20.8. The number of benzene rings is 4. The summed E-state index contributed by atoms with van der Waals surface area (Å²) in [6.45, 7) is 7.65. The third-order valence-electron chi connectivity index (χ3n) is 13.8. The van der Waals surface area contributed by atoms with Crippen LogP contribution in [0, 0.1) is 0 Å². The van der Waals surface area contributed by atoms with Gasteiger partial charge in [-0.1, -0.05) is 165 Å². The Balaban J connectivity index is 0.000000452. The van der Waals surface area contributed by atoms with E-state index in [1.807, 2.05) is 24.3 Å². The Morgan fingerprint density at radius 1 is 0.409 bits per heavy atom. The second-order valence-corrected chi connectivity index (χ2v) is 27.6. The van der Waals surface area contributed by atoms with Crippen molar-refractivity contribution in [1.29, 1.82) is 0 Å². The highest BCUT2D eigenvalue weighted by Gasteiger charge is 2.48. The fourth-order valence-corrected chi connectivity index (χ4v) is 12.7. The number of phenols is 2. The Morgan fingerprint density at radius 2 is 0.670 bits per heavy atom. The molecule has 16 nitrogen and oxygen atoms in total. The van der Waals surface area contributed by atoms with Crippen molar-refractivity contribution in [1.82, 2.24) is 9.13 Å². The fourth-order valence-electron chi connectivity index (χ4n) is 9.25. The number of rotatable bonds is 31. The molecule has 0 saturated carbocycles. The number of aryl methyl sites for hydroxylation is 2. The third kappa shape index (κ3) is 22.4. The molecule has 0 atom stereocenters. The van der Waals surface area contributed by atoms with E-state index in [9.17, 15) is 96.6 Å². The molecule has 0 bridgehead atoms. The second kappa shape index (κ2) is 32.9. The van der Waals surface area contributed by atoms with Gasteiger partial charge in [0.1, 0.15) is 49.4 Å². The van der Waals surface area contributed by atoms with E-state index in [4.69, 9.17) is 0 Å². The van der Waals surface area contributed by atoms with Gasteiger partial charge in [0.05, 0.1) is 13.1 Å². The largest absolute Gasteiger partial charge is 0.507 e. The molecule has 0 unspecified atom stereocenters. The minimum Gasteiger partial charge on any atom is -0.507 e. The lowest BCUT2D eigenvalue weighted by atomic mass is 9.88. The smallest absolute Gasteiger partial charge is 0.480 e. The monoisotopic (exact) mass is 1340 g/mol. The predicted octanol–water partition coefficient (Wildman–Crippen LogP) is 15.3. The molecule has 2 heterocycles. The van der Waals surface area contributed by atoms with Crippen molar-refractivity contribution in [3.8, 4) is 22.6 Å². The third-order valence-corrected chi connectivity index (χ3v) is 19.2. The van der Waals surface area contributed by atoms with Crippen LogP contribution in [0.5, 0.6) is 11.5 Å². The molecule has 0 spiro atoms. The number of nitrogens with zero attached hydrogens (tertiary/aromatic N) is 6. The first kappa shape index (κ1) is 74.8. The molecule has 0 aliphatic rings. The minimum absolute atomic E-state index is 0.224. The van der Waals surface area contributed by atoms with Crippen LogP contribution in [-0.2, 0) is 66.3 Å². The van der Waals surface area contributed by atoms with Crippen molar-refractivity contribution in [3.05, 3.63) is 117 Å². The van der Waals surface area contributed by atoms with Crippen LogP contribution in [0.2, 0.25) is 0 Å². The summed E-state index contributed by atoms with van der Waals surface area (Å²) in [4.78, 5) is 0. The van der Waals surface area contributed by atoms with E-state index in [-0.39, 0.29) is 11.5 Å². The van der Waals surface area contributed by atoms with Crippen LogP contribution < -0.4 is 9.13 Å². The van der Waals surface area contributed by atoms with Crippen LogP contribution in [0.3, 0.4) is 0 Å². The van der Waals surface area contributed by atoms with E-state index in [2.05, 4.69) is 106 Å². The average molecular weight is 1350 g/mol. The van der Waals surface area contributed by atoms with Gasteiger partial charge >= 0.3 is 22.0 Å². The van der Waals surface area contributed by atoms with Crippen LogP contribution in [0.15, 0.2) is 98.1 Å². The minimum atomic E-state index is -6.72. The van der Waals surface area contributed by atoms with Gasteiger partial charge in [0.25, 0.3) is 0 Å². The Hall–Kier alpha value is -5.70. The summed E-state index contributed by atoms with van der Waals surface area (Å²) >= 11 is 0. The Morgan fingerprint density at radius 3 is 0.943 bits per heavy atom. The molecule has 0 aliphatic heterocycles. The number of fused-ring (bicyclic) bond motifs is 2. The summed E-state index contributed by atoms with van der Waals surface area (Å²) in [6, 6.07) is 20.7. The van der Waals surface area contributed by atoms with Gasteiger partial charge in [-0.3, -0.25) is 0 Å². The highest BCUT2D eigenvalue weighted by molar-refractivity contribution is 8.13. The molecule has 0 aliphatic carbocycles. The molecule has 0 radical (unpaired) electrons. The number of aromatic nitrogens is 4. The number of phenolic OH excluding ortho intramolecular Hbond substituents is 2. The van der Waals surface area contributed by atoms with E-state index in [1.54, 1.807) is 0 Å². The molecule has 6 rings (SSSR count). The van der Waals surface area contributed by atoms with E-state index in [1.165, 1.54) is 128 Å². The predicted molar refractivity (Wildman–Crippen MR) is 308 cm³/mol. The molecule has 494 valence electrons. The average Bonchev–Trinajstić information content (AvgIpc) is 0.926. The molecule has 0 amide bonds. The van der Waals surface area contributed by atoms with Gasteiger partial charge in [-0.25, -0.2) is 51.9 Å². The van der Waals surface area contributed by atoms with Crippen molar-refractivity contribution in [2.75, 3.05) is 0 Å². The maximum absolute atomic E-state index is 12.2. The maximum atomic E-state index is 12.2. The Labute approximate surface area is 504 Å². The molecule has 0 fully saturated rings. The number of hydrogen-bond donors (Lipinski definition) is 2. The van der Waals surface area contributed by atoms with Gasteiger partial charge in [0.15, 0.2) is 40.1 Å². The normalized spacial score (nSPS) is 12.9. The number of halogens is 12. The van der Waals surface area contributed by atoms with Crippen LogP contribution in [-0.4, -0.2) is 75.1 Å². The maximum Gasteiger partial charge on any atom is 0.480 e. The summed E-state index contributed by atoms with van der Waals surface area (Å²) < 4.78 is 227. The van der Waals surface area contributed by atoms with Crippen molar-refractivity contribution >= 4 is 61.6 Å². The van der Waals surface area contributed by atoms with Crippen LogP contribution >= 0.6 is 0 Å². The van der Waals surface area contributed by atoms with E-state index in [0.717, 1.165) is 54.0 Å². The Bertz CT molecular complexity index is 3330. The highest BCUT2D eigenvalue weighted by Crippen LogP contribution is 2.48. The van der Waals surface area contributed by atoms with Crippen molar-refractivity contribution in [2.45, 2.75) is 190 Å². The number of unbranched alkanes of at least 4 members (excludes halogenated alkanes) is 18. The standard InChI is InChI=1S/C52H70N4O2.2C2F6NO4S2/c1-3-5-7-9-11-13-15-17-19-25-31-53-33-35-55(41-53)39-45-37-43-27-21-23-29-47(43)49(51(45)57)50-48-30-24-22-28-44(48)38-46(52(50)58)40-56-36-34-54(42-56)32-26-20-18-16-14-12-10-8-6-4-2;2*3-1(4,5)14(10,11)9-15(12,13)2(6,7)8/h21-24,27-30,33-38,41-42H,3-20,25-26,31-32,39-40H2,1-2H3;;/q;2*-1/p+2. The lowest BCUT2D eigenvalue weighted by Crippen LogP contribution is -2.31. The lowest BCUT2D eigenvalue weighted by molar-refractivity contribution is -0.688. The zero-order chi connectivity index (χ0) is 65.8. The number of aromatic hydroxyl groups is 2. The summed E-state index contributed by atoms with van der Waals surface area (Å²) in [5.74, 6) is 0.447. The van der Waals surface area contributed by atoms with E-state index >= 15 is 0 Å². The quantitative estimate of drug-likeness (QED) is 0.0238. The number of hydrogen-bond acceptors (Lipinski definition) is 10. The summed E-state index contributed by atoms with van der Waals surface area (Å²) in [6.07, 6.45) is 39.5. The molecular weight excluding hydrogens is 1270 g/mol. The van der Waals surface area contributed by atoms with Crippen molar-refractivity contribution in [3.63, 3.8) is 0 Å². The number of alkyl halides is 12. The van der Waals surface area contributed by atoms with Crippen molar-refractivity contribution in [2.24, 2.45) is 0 Å².